The number of carbonyl (C=O) groups is 4. The van der Waals surface area contributed by atoms with Crippen molar-refractivity contribution in [1.82, 2.24) is 0 Å². The van der Waals surface area contributed by atoms with Crippen molar-refractivity contribution < 1.29 is 49.8 Å². The number of aliphatic carboxylic acids is 4. The Morgan fingerprint density at radius 2 is 0.889 bits per heavy atom. The van der Waals surface area contributed by atoms with E-state index >= 15 is 0 Å². The van der Waals surface area contributed by atoms with Gasteiger partial charge < -0.3 is 30.6 Å². The average Bonchev–Trinajstić information content (AvgIpc) is 2.24. The topological polar surface area (TPSA) is 190 Å². The van der Waals surface area contributed by atoms with Crippen LogP contribution in [0.25, 0.3) is 0 Å². The summed E-state index contributed by atoms with van der Waals surface area (Å²) in [5, 5.41) is 48.2. The smallest absolute Gasteiger partial charge is 0.335 e. The minimum absolute atomic E-state index is 0.558. The van der Waals surface area contributed by atoms with Crippen molar-refractivity contribution in [2.45, 2.75) is 12.2 Å². The van der Waals surface area contributed by atoms with E-state index in [0.29, 0.717) is 12.2 Å². The van der Waals surface area contributed by atoms with Gasteiger partial charge in [-0.25, -0.2) is 19.2 Å². The predicted molar refractivity (Wildman–Crippen MR) is 51.7 cm³/mol. The first-order chi connectivity index (χ1) is 8.09. The van der Waals surface area contributed by atoms with Crippen LogP contribution < -0.4 is 0 Å². The van der Waals surface area contributed by atoms with Crippen LogP contribution in [-0.4, -0.2) is 66.7 Å². The van der Waals surface area contributed by atoms with E-state index in [2.05, 4.69) is 0 Å². The maximum absolute atomic E-state index is 9.77. The van der Waals surface area contributed by atoms with Gasteiger partial charge in [-0.1, -0.05) is 0 Å². The predicted octanol–water partition coefficient (Wildman–Crippen LogP) is -2.41. The summed E-state index contributed by atoms with van der Waals surface area (Å²) in [7, 11) is 0. The van der Waals surface area contributed by atoms with E-state index in [0.717, 1.165) is 0 Å². The Morgan fingerprint density at radius 3 is 1.00 bits per heavy atom. The quantitative estimate of drug-likeness (QED) is 0.292. The van der Waals surface area contributed by atoms with Crippen LogP contribution in [0.3, 0.4) is 0 Å². The fourth-order valence-corrected chi connectivity index (χ4v) is 0.413. The summed E-state index contributed by atoms with van der Waals surface area (Å²) in [5.74, 6) is -6.05. The Kier molecular flexibility index (Phi) is 8.63. The van der Waals surface area contributed by atoms with Crippen LogP contribution in [0.1, 0.15) is 0 Å². The Morgan fingerprint density at radius 1 is 0.667 bits per heavy atom. The molecular weight excluding hydrogens is 256 g/mol. The van der Waals surface area contributed by atoms with Crippen molar-refractivity contribution in [2.75, 3.05) is 0 Å². The molecule has 0 radical (unpaired) electrons. The summed E-state index contributed by atoms with van der Waals surface area (Å²) < 4.78 is 0. The summed E-state index contributed by atoms with van der Waals surface area (Å²) in [5.41, 5.74) is 0. The number of hydrogen-bond donors (Lipinski definition) is 6. The molecule has 6 N–H and O–H groups in total. The second-order valence-electron chi connectivity index (χ2n) is 2.58. The highest BCUT2D eigenvalue weighted by Crippen LogP contribution is 1.92. The van der Waals surface area contributed by atoms with E-state index < -0.39 is 36.1 Å². The molecule has 0 aromatic carbocycles. The van der Waals surface area contributed by atoms with Gasteiger partial charge in [-0.2, -0.15) is 0 Å². The highest BCUT2D eigenvalue weighted by molar-refractivity contribution is 5.89. The molecule has 0 fully saturated rings. The number of aliphatic hydroxyl groups excluding tert-OH is 2. The third-order valence-electron chi connectivity index (χ3n) is 1.17. The summed E-state index contributed by atoms with van der Waals surface area (Å²) in [6.45, 7) is 0. The van der Waals surface area contributed by atoms with Gasteiger partial charge in [0.1, 0.15) is 0 Å². The summed E-state index contributed by atoms with van der Waals surface area (Å²) in [6.07, 6.45) is -3.42. The van der Waals surface area contributed by atoms with Crippen LogP contribution in [0.4, 0.5) is 0 Å². The largest absolute Gasteiger partial charge is 0.479 e. The standard InChI is InChI=1S/C4H6O6.C4H4O4/c5-1(3(7)8)2(6)4(9)10;5-3(6)1-2-4(7)8/h1-2,5-6H,(H,7,8)(H,9,10);1-2H,(H,5,6)(H,7,8). The summed E-state index contributed by atoms with van der Waals surface area (Å²) >= 11 is 0. The molecule has 0 heterocycles. The molecule has 2 unspecified atom stereocenters. The van der Waals surface area contributed by atoms with E-state index in [1.807, 2.05) is 0 Å². The van der Waals surface area contributed by atoms with Crippen LogP contribution >= 0.6 is 0 Å². The van der Waals surface area contributed by atoms with E-state index in [-0.39, 0.29) is 0 Å². The molecule has 0 bridgehead atoms. The van der Waals surface area contributed by atoms with Gasteiger partial charge in [0.05, 0.1) is 0 Å². The fourth-order valence-electron chi connectivity index (χ4n) is 0.413. The molecule has 0 saturated heterocycles. The normalized spacial score (nSPS) is 13.0. The van der Waals surface area contributed by atoms with Crippen molar-refractivity contribution in [1.29, 1.82) is 0 Å². The van der Waals surface area contributed by atoms with Gasteiger partial charge in [-0.3, -0.25) is 0 Å². The summed E-state index contributed by atoms with van der Waals surface area (Å²) in [4.78, 5) is 38.7. The molecule has 0 aromatic rings. The molecule has 0 aliphatic rings. The van der Waals surface area contributed by atoms with Gasteiger partial charge in [0.25, 0.3) is 0 Å². The van der Waals surface area contributed by atoms with Gasteiger partial charge in [0.2, 0.25) is 0 Å². The fraction of sp³-hybridized carbons (Fsp3) is 0.250. The Bertz CT molecular complexity index is 323. The Hall–Kier alpha value is -2.46. The van der Waals surface area contributed by atoms with Crippen molar-refractivity contribution in [3.63, 3.8) is 0 Å². The van der Waals surface area contributed by atoms with Gasteiger partial charge in [-0.15, -0.1) is 0 Å². The third-order valence-corrected chi connectivity index (χ3v) is 1.17. The highest BCUT2D eigenvalue weighted by atomic mass is 16.4. The van der Waals surface area contributed by atoms with E-state index in [4.69, 9.17) is 30.6 Å². The molecule has 102 valence electrons. The van der Waals surface area contributed by atoms with E-state index in [9.17, 15) is 19.2 Å². The first-order valence-corrected chi connectivity index (χ1v) is 4.05. The molecule has 0 aromatic heterocycles. The second-order valence-corrected chi connectivity index (χ2v) is 2.58. The SMILES string of the molecule is O=C(O)C(O)C(O)C(=O)O.O=C(O)C=CC(=O)O. The van der Waals surface area contributed by atoms with Crippen LogP contribution in [0, 0.1) is 0 Å². The van der Waals surface area contributed by atoms with Crippen LogP contribution in [0.5, 0.6) is 0 Å². The van der Waals surface area contributed by atoms with Crippen LogP contribution in [-0.2, 0) is 19.2 Å². The van der Waals surface area contributed by atoms with Crippen molar-refractivity contribution >= 4 is 23.9 Å². The number of carboxylic acids is 4. The van der Waals surface area contributed by atoms with Gasteiger partial charge in [0.15, 0.2) is 12.2 Å². The van der Waals surface area contributed by atoms with Crippen molar-refractivity contribution in [3.05, 3.63) is 12.2 Å². The molecule has 0 amide bonds. The van der Waals surface area contributed by atoms with E-state index in [1.165, 1.54) is 0 Å². The van der Waals surface area contributed by atoms with Crippen LogP contribution in [0.15, 0.2) is 12.2 Å². The highest BCUT2D eigenvalue weighted by Gasteiger charge is 2.29. The lowest BCUT2D eigenvalue weighted by Gasteiger charge is -2.07. The molecule has 18 heavy (non-hydrogen) atoms. The van der Waals surface area contributed by atoms with E-state index in [1.54, 1.807) is 0 Å². The van der Waals surface area contributed by atoms with Gasteiger partial charge in [-0.05, 0) is 0 Å². The average molecular weight is 266 g/mol. The minimum Gasteiger partial charge on any atom is -0.479 e. The lowest BCUT2D eigenvalue weighted by molar-refractivity contribution is -0.165. The maximum Gasteiger partial charge on any atom is 0.335 e. The minimum atomic E-state index is -2.27. The Balaban J connectivity index is 0. The lowest BCUT2D eigenvalue weighted by Crippen LogP contribution is -2.39. The maximum atomic E-state index is 9.77. The number of hydrogen-bond acceptors (Lipinski definition) is 6. The Labute approximate surface area is 99.0 Å². The molecular formula is C8H10O10. The second kappa shape index (κ2) is 8.66. The van der Waals surface area contributed by atoms with Crippen molar-refractivity contribution in [2.24, 2.45) is 0 Å². The zero-order valence-corrected chi connectivity index (χ0v) is 8.63. The zero-order valence-electron chi connectivity index (χ0n) is 8.63. The lowest BCUT2D eigenvalue weighted by atomic mass is 10.2. The molecule has 0 aliphatic carbocycles. The molecule has 0 spiro atoms. The summed E-state index contributed by atoms with van der Waals surface area (Å²) in [6, 6.07) is 0. The first kappa shape index (κ1) is 17.9. The molecule has 2 atom stereocenters. The third kappa shape index (κ3) is 10.1. The van der Waals surface area contributed by atoms with Gasteiger partial charge in [0, 0.05) is 12.2 Å². The molecule has 0 rings (SSSR count). The van der Waals surface area contributed by atoms with Gasteiger partial charge >= 0.3 is 23.9 Å². The number of carboxylic acid groups (broad SMARTS) is 4. The molecule has 0 aliphatic heterocycles. The molecule has 10 nitrogen and oxygen atoms in total. The molecule has 10 heteroatoms. The number of rotatable bonds is 5. The number of aliphatic hydroxyl groups is 2. The van der Waals surface area contributed by atoms with Crippen molar-refractivity contribution in [3.8, 4) is 0 Å². The zero-order chi connectivity index (χ0) is 14.9. The monoisotopic (exact) mass is 266 g/mol. The molecule has 0 saturated carbocycles. The van der Waals surface area contributed by atoms with Crippen LogP contribution in [0.2, 0.25) is 0 Å². The first-order valence-electron chi connectivity index (χ1n) is 4.05.